The molecular formula is C14H15BrOS. The van der Waals surface area contributed by atoms with E-state index in [0.717, 1.165) is 27.8 Å². The molecule has 0 spiro atoms. The van der Waals surface area contributed by atoms with Crippen molar-refractivity contribution < 1.29 is 5.11 Å². The van der Waals surface area contributed by atoms with E-state index in [1.165, 1.54) is 0 Å². The summed E-state index contributed by atoms with van der Waals surface area (Å²) in [5.74, 6) is 0. The molecule has 0 radical (unpaired) electrons. The Hall–Kier alpha value is -0.640. The minimum atomic E-state index is -0.872. The molecule has 3 heteroatoms. The third-order valence-electron chi connectivity index (χ3n) is 2.86. The van der Waals surface area contributed by atoms with Gasteiger partial charge in [0, 0.05) is 4.47 Å². The van der Waals surface area contributed by atoms with Crippen molar-refractivity contribution in [2.45, 2.75) is 25.4 Å². The summed E-state index contributed by atoms with van der Waals surface area (Å²) in [4.78, 5) is 0.991. The van der Waals surface area contributed by atoms with Gasteiger partial charge in [-0.05, 0) is 39.4 Å². The van der Waals surface area contributed by atoms with Crippen molar-refractivity contribution in [1.82, 2.24) is 0 Å². The van der Waals surface area contributed by atoms with E-state index in [0.29, 0.717) is 0 Å². The average molecular weight is 311 g/mol. The lowest BCUT2D eigenvalue weighted by Gasteiger charge is -2.28. The molecule has 0 fully saturated rings. The Bertz CT molecular complexity index is 480. The molecule has 1 nitrogen and oxygen atoms in total. The van der Waals surface area contributed by atoms with Crippen LogP contribution in [0.5, 0.6) is 0 Å². The van der Waals surface area contributed by atoms with Gasteiger partial charge in [0.2, 0.25) is 0 Å². The molecule has 1 unspecified atom stereocenters. The molecule has 1 aromatic carbocycles. The van der Waals surface area contributed by atoms with E-state index in [9.17, 15) is 5.11 Å². The van der Waals surface area contributed by atoms with Crippen LogP contribution < -0.4 is 0 Å². The summed E-state index contributed by atoms with van der Waals surface area (Å²) in [6, 6.07) is 11.9. The first kappa shape index (κ1) is 12.8. The Balaban J connectivity index is 2.50. The van der Waals surface area contributed by atoms with Crippen LogP contribution in [-0.4, -0.2) is 5.11 Å². The predicted molar refractivity (Wildman–Crippen MR) is 76.4 cm³/mol. The number of thiophene rings is 1. The molecule has 1 N–H and O–H groups in total. The first-order valence-corrected chi connectivity index (χ1v) is 7.37. The average Bonchev–Trinajstić information content (AvgIpc) is 2.77. The number of hydrogen-bond donors (Lipinski definition) is 1. The summed E-state index contributed by atoms with van der Waals surface area (Å²) < 4.78 is 0.988. The van der Waals surface area contributed by atoms with Crippen LogP contribution in [0.4, 0.5) is 0 Å². The zero-order valence-electron chi connectivity index (χ0n) is 9.69. The summed E-state index contributed by atoms with van der Waals surface area (Å²) in [5.41, 5.74) is 0.0909. The minimum Gasteiger partial charge on any atom is -0.380 e. The second-order valence-electron chi connectivity index (χ2n) is 4.07. The highest BCUT2D eigenvalue weighted by Gasteiger charge is 2.33. The third kappa shape index (κ3) is 2.46. The smallest absolute Gasteiger partial charge is 0.125 e. The van der Waals surface area contributed by atoms with Crippen molar-refractivity contribution in [3.05, 3.63) is 56.7 Å². The van der Waals surface area contributed by atoms with Crippen molar-refractivity contribution in [2.24, 2.45) is 0 Å². The maximum atomic E-state index is 11.0. The van der Waals surface area contributed by atoms with Gasteiger partial charge >= 0.3 is 0 Å². The van der Waals surface area contributed by atoms with Crippen molar-refractivity contribution in [2.75, 3.05) is 0 Å². The third-order valence-corrected chi connectivity index (χ3v) is 4.84. The van der Waals surface area contributed by atoms with Gasteiger partial charge in [0.05, 0.1) is 4.88 Å². The minimum absolute atomic E-state index is 0.732. The lowest BCUT2D eigenvalue weighted by Crippen LogP contribution is -2.26. The zero-order chi connectivity index (χ0) is 12.3. The van der Waals surface area contributed by atoms with Gasteiger partial charge in [-0.1, -0.05) is 43.7 Å². The largest absolute Gasteiger partial charge is 0.380 e. The fourth-order valence-corrected chi connectivity index (χ4v) is 3.90. The quantitative estimate of drug-likeness (QED) is 0.878. The molecule has 17 heavy (non-hydrogen) atoms. The van der Waals surface area contributed by atoms with Crippen molar-refractivity contribution in [1.29, 1.82) is 0 Å². The Morgan fingerprint density at radius 3 is 2.47 bits per heavy atom. The Kier molecular flexibility index (Phi) is 4.02. The molecule has 0 saturated carbocycles. The van der Waals surface area contributed by atoms with Gasteiger partial charge in [0.15, 0.2) is 0 Å². The van der Waals surface area contributed by atoms with Gasteiger partial charge in [-0.15, -0.1) is 11.3 Å². The fraction of sp³-hybridized carbons (Fsp3) is 0.286. The van der Waals surface area contributed by atoms with Gasteiger partial charge < -0.3 is 5.11 Å². The molecule has 0 aliphatic carbocycles. The molecule has 0 aliphatic heterocycles. The van der Waals surface area contributed by atoms with Crippen molar-refractivity contribution in [3.8, 4) is 0 Å². The van der Waals surface area contributed by atoms with Gasteiger partial charge in [-0.2, -0.15) is 0 Å². The highest BCUT2D eigenvalue weighted by molar-refractivity contribution is 9.10. The number of aliphatic hydroxyl groups is 1. The summed E-state index contributed by atoms with van der Waals surface area (Å²) >= 11 is 5.11. The van der Waals surface area contributed by atoms with Gasteiger partial charge in [0.1, 0.15) is 5.60 Å². The highest BCUT2D eigenvalue weighted by Crippen LogP contribution is 2.41. The van der Waals surface area contributed by atoms with E-state index in [2.05, 4.69) is 22.9 Å². The summed E-state index contributed by atoms with van der Waals surface area (Å²) in [6.45, 7) is 2.09. The molecule has 1 atom stereocenters. The first-order chi connectivity index (χ1) is 8.18. The van der Waals surface area contributed by atoms with Gasteiger partial charge in [-0.3, -0.25) is 0 Å². The van der Waals surface area contributed by atoms with Crippen molar-refractivity contribution >= 4 is 27.3 Å². The standard InChI is InChI=1S/C14H15BrOS/c1-2-9-14(16,11-6-4-3-5-7-11)13-12(15)8-10-17-13/h3-8,10,16H,2,9H2,1H3. The maximum absolute atomic E-state index is 11.0. The van der Waals surface area contributed by atoms with E-state index in [1.807, 2.05) is 41.8 Å². The van der Waals surface area contributed by atoms with E-state index in [1.54, 1.807) is 11.3 Å². The van der Waals surface area contributed by atoms with Crippen LogP contribution in [0.1, 0.15) is 30.2 Å². The first-order valence-electron chi connectivity index (χ1n) is 5.70. The lowest BCUT2D eigenvalue weighted by molar-refractivity contribution is 0.0733. The van der Waals surface area contributed by atoms with E-state index < -0.39 is 5.60 Å². The van der Waals surface area contributed by atoms with Crippen LogP contribution in [0.15, 0.2) is 46.3 Å². The zero-order valence-corrected chi connectivity index (χ0v) is 12.1. The topological polar surface area (TPSA) is 20.2 Å². The molecule has 1 heterocycles. The maximum Gasteiger partial charge on any atom is 0.125 e. The molecular weight excluding hydrogens is 296 g/mol. The molecule has 2 aromatic rings. The molecule has 0 bridgehead atoms. The molecule has 0 aliphatic rings. The molecule has 0 amide bonds. The summed E-state index contributed by atoms with van der Waals surface area (Å²) in [5, 5.41) is 13.0. The summed E-state index contributed by atoms with van der Waals surface area (Å²) in [7, 11) is 0. The van der Waals surface area contributed by atoms with Gasteiger partial charge in [0.25, 0.3) is 0 Å². The number of halogens is 1. The Morgan fingerprint density at radius 1 is 1.24 bits per heavy atom. The Morgan fingerprint density at radius 2 is 1.94 bits per heavy atom. The van der Waals surface area contributed by atoms with Crippen molar-refractivity contribution in [3.63, 3.8) is 0 Å². The second kappa shape index (κ2) is 5.34. The van der Waals surface area contributed by atoms with E-state index in [4.69, 9.17) is 0 Å². The lowest BCUT2D eigenvalue weighted by atomic mass is 9.88. The number of benzene rings is 1. The normalized spacial score (nSPS) is 14.5. The fourth-order valence-electron chi connectivity index (χ4n) is 2.05. The Labute approximate surface area is 114 Å². The van der Waals surface area contributed by atoms with Crippen LogP contribution in [-0.2, 0) is 5.60 Å². The highest BCUT2D eigenvalue weighted by atomic mass is 79.9. The molecule has 1 aromatic heterocycles. The predicted octanol–water partition coefficient (Wildman–Crippen LogP) is 4.55. The number of rotatable bonds is 4. The SMILES string of the molecule is CCCC(O)(c1ccccc1)c1sccc1Br. The summed E-state index contributed by atoms with van der Waals surface area (Å²) in [6.07, 6.45) is 1.67. The molecule has 90 valence electrons. The van der Waals surface area contributed by atoms with E-state index in [-0.39, 0.29) is 0 Å². The van der Waals surface area contributed by atoms with Gasteiger partial charge in [-0.25, -0.2) is 0 Å². The van der Waals surface area contributed by atoms with Crippen LogP contribution in [0.25, 0.3) is 0 Å². The van der Waals surface area contributed by atoms with Crippen LogP contribution in [0, 0.1) is 0 Å². The monoisotopic (exact) mass is 310 g/mol. The van der Waals surface area contributed by atoms with Crippen LogP contribution >= 0.6 is 27.3 Å². The van der Waals surface area contributed by atoms with E-state index >= 15 is 0 Å². The number of hydrogen-bond acceptors (Lipinski definition) is 2. The molecule has 2 rings (SSSR count). The van der Waals surface area contributed by atoms with Crippen LogP contribution in [0.2, 0.25) is 0 Å². The van der Waals surface area contributed by atoms with Crippen LogP contribution in [0.3, 0.4) is 0 Å². The second-order valence-corrected chi connectivity index (χ2v) is 5.84. The molecule has 0 saturated heterocycles.